The molecule has 0 radical (unpaired) electrons. The van der Waals surface area contributed by atoms with Gasteiger partial charge in [0.2, 0.25) is 5.95 Å². The lowest BCUT2D eigenvalue weighted by Gasteiger charge is -2.18. The van der Waals surface area contributed by atoms with Gasteiger partial charge in [-0.25, -0.2) is 4.98 Å². The molecule has 0 aliphatic carbocycles. The Morgan fingerprint density at radius 3 is 2.00 bits per heavy atom. The van der Waals surface area contributed by atoms with E-state index in [0.717, 1.165) is 22.7 Å². The van der Waals surface area contributed by atoms with Crippen LogP contribution < -0.4 is 9.80 Å². The number of hydrogen-bond acceptors (Lipinski definition) is 4. The Hall–Kier alpha value is -1.84. The Balaban J connectivity index is 2.81. The second kappa shape index (κ2) is 4.44. The van der Waals surface area contributed by atoms with Crippen LogP contribution in [0.1, 0.15) is 11.1 Å². The lowest BCUT2D eigenvalue weighted by molar-refractivity contribution is 0.987. The largest absolute Gasteiger partial charge is 0.362 e. The maximum atomic E-state index is 4.61. The lowest BCUT2D eigenvalue weighted by atomic mass is 10.1. The van der Waals surface area contributed by atoms with Crippen LogP contribution in [0.15, 0.2) is 12.1 Å². The van der Waals surface area contributed by atoms with Crippen LogP contribution in [-0.4, -0.2) is 38.2 Å². The number of aryl methyl sites for hydroxylation is 2. The van der Waals surface area contributed by atoms with Crippen LogP contribution in [0.2, 0.25) is 0 Å². The third-order valence-electron chi connectivity index (χ3n) is 3.10. The van der Waals surface area contributed by atoms with E-state index in [4.69, 9.17) is 0 Å². The van der Waals surface area contributed by atoms with Crippen molar-refractivity contribution in [3.05, 3.63) is 23.3 Å². The van der Waals surface area contributed by atoms with Crippen molar-refractivity contribution in [2.24, 2.45) is 0 Å². The van der Waals surface area contributed by atoms with Crippen molar-refractivity contribution in [3.8, 4) is 0 Å². The van der Waals surface area contributed by atoms with Gasteiger partial charge in [0, 0.05) is 33.6 Å². The average Bonchev–Trinajstić information content (AvgIpc) is 2.29. The zero-order valence-corrected chi connectivity index (χ0v) is 11.9. The van der Waals surface area contributed by atoms with Gasteiger partial charge in [-0.2, -0.15) is 4.98 Å². The topological polar surface area (TPSA) is 32.3 Å². The maximum Gasteiger partial charge on any atom is 0.227 e. The first-order chi connectivity index (χ1) is 8.40. The summed E-state index contributed by atoms with van der Waals surface area (Å²) in [4.78, 5) is 13.2. The highest BCUT2D eigenvalue weighted by molar-refractivity contribution is 5.91. The van der Waals surface area contributed by atoms with Gasteiger partial charge < -0.3 is 9.80 Å². The number of aromatic nitrogens is 2. The fraction of sp³-hybridized carbons (Fsp3) is 0.429. The monoisotopic (exact) mass is 244 g/mol. The molecule has 96 valence electrons. The van der Waals surface area contributed by atoms with E-state index in [1.165, 1.54) is 11.1 Å². The van der Waals surface area contributed by atoms with Crippen molar-refractivity contribution in [2.45, 2.75) is 13.8 Å². The fourth-order valence-electron chi connectivity index (χ4n) is 1.90. The summed E-state index contributed by atoms with van der Waals surface area (Å²) in [6.45, 7) is 4.23. The molecule has 0 saturated carbocycles. The molecule has 4 heteroatoms. The number of benzene rings is 1. The smallest absolute Gasteiger partial charge is 0.227 e. The molecule has 0 fully saturated rings. The minimum absolute atomic E-state index is 0.745. The fourth-order valence-corrected chi connectivity index (χ4v) is 1.90. The maximum absolute atomic E-state index is 4.61. The van der Waals surface area contributed by atoms with Crippen molar-refractivity contribution in [3.63, 3.8) is 0 Å². The average molecular weight is 244 g/mol. The molecule has 0 aliphatic heterocycles. The predicted octanol–water partition coefficient (Wildman–Crippen LogP) is 2.38. The molecule has 1 aromatic heterocycles. The molecule has 0 bridgehead atoms. The third-order valence-corrected chi connectivity index (χ3v) is 3.10. The molecule has 0 unspecified atom stereocenters. The van der Waals surface area contributed by atoms with Crippen LogP contribution in [0.4, 0.5) is 11.8 Å². The molecule has 0 spiro atoms. The summed E-state index contributed by atoms with van der Waals surface area (Å²) in [5.41, 5.74) is 3.53. The molecule has 1 aromatic carbocycles. The van der Waals surface area contributed by atoms with Crippen molar-refractivity contribution in [1.29, 1.82) is 0 Å². The third kappa shape index (κ3) is 2.10. The number of nitrogens with zero attached hydrogens (tertiary/aromatic N) is 4. The molecular formula is C14H20N4. The van der Waals surface area contributed by atoms with Gasteiger partial charge in [-0.15, -0.1) is 0 Å². The van der Waals surface area contributed by atoms with E-state index in [9.17, 15) is 0 Å². The second-order valence-electron chi connectivity index (χ2n) is 5.09. The van der Waals surface area contributed by atoms with Gasteiger partial charge in [0.1, 0.15) is 5.82 Å². The van der Waals surface area contributed by atoms with Gasteiger partial charge in [0.05, 0.1) is 5.52 Å². The minimum Gasteiger partial charge on any atom is -0.362 e. The molecule has 0 aliphatic rings. The van der Waals surface area contributed by atoms with E-state index in [2.05, 4.69) is 35.9 Å². The summed E-state index contributed by atoms with van der Waals surface area (Å²) in [7, 11) is 7.94. The van der Waals surface area contributed by atoms with Crippen LogP contribution in [0.25, 0.3) is 10.9 Å². The molecule has 2 rings (SSSR count). The highest BCUT2D eigenvalue weighted by atomic mass is 15.3. The van der Waals surface area contributed by atoms with E-state index >= 15 is 0 Å². The second-order valence-corrected chi connectivity index (χ2v) is 5.09. The Morgan fingerprint density at radius 2 is 1.44 bits per heavy atom. The van der Waals surface area contributed by atoms with Crippen LogP contribution in [0.5, 0.6) is 0 Å². The minimum atomic E-state index is 0.745. The Bertz CT molecular complexity index is 588. The summed E-state index contributed by atoms with van der Waals surface area (Å²) in [6.07, 6.45) is 0. The lowest BCUT2D eigenvalue weighted by Crippen LogP contribution is -2.17. The summed E-state index contributed by atoms with van der Waals surface area (Å²) < 4.78 is 0. The van der Waals surface area contributed by atoms with Crippen molar-refractivity contribution < 1.29 is 0 Å². The number of anilines is 2. The summed E-state index contributed by atoms with van der Waals surface area (Å²) >= 11 is 0. The Labute approximate surface area is 108 Å². The zero-order valence-electron chi connectivity index (χ0n) is 11.9. The van der Waals surface area contributed by atoms with Gasteiger partial charge in [0.15, 0.2) is 0 Å². The molecule has 0 amide bonds. The van der Waals surface area contributed by atoms with Gasteiger partial charge in [-0.1, -0.05) is 0 Å². The van der Waals surface area contributed by atoms with Crippen molar-refractivity contribution >= 4 is 22.7 Å². The molecule has 0 saturated heterocycles. The number of rotatable bonds is 2. The standard InChI is InChI=1S/C14H20N4/c1-9-7-11-12(8-10(9)2)15-14(18(5)6)16-13(11)17(3)4/h7-8H,1-6H3. The van der Waals surface area contributed by atoms with Crippen LogP contribution >= 0.6 is 0 Å². The molecule has 2 aromatic rings. The number of hydrogen-bond donors (Lipinski definition) is 0. The van der Waals surface area contributed by atoms with Crippen molar-refractivity contribution in [1.82, 2.24) is 9.97 Å². The summed E-state index contributed by atoms with van der Waals surface area (Å²) in [5.74, 6) is 1.71. The van der Waals surface area contributed by atoms with E-state index < -0.39 is 0 Å². The first kappa shape index (κ1) is 12.6. The van der Waals surface area contributed by atoms with Gasteiger partial charge in [-0.3, -0.25) is 0 Å². The van der Waals surface area contributed by atoms with Crippen LogP contribution in [-0.2, 0) is 0 Å². The molecule has 1 heterocycles. The van der Waals surface area contributed by atoms with Gasteiger partial charge in [-0.05, 0) is 37.1 Å². The van der Waals surface area contributed by atoms with E-state index in [1.54, 1.807) is 0 Å². The Kier molecular flexibility index (Phi) is 3.11. The molecular weight excluding hydrogens is 224 g/mol. The normalized spacial score (nSPS) is 10.8. The van der Waals surface area contributed by atoms with E-state index in [0.29, 0.717) is 0 Å². The van der Waals surface area contributed by atoms with Crippen molar-refractivity contribution in [2.75, 3.05) is 38.0 Å². The van der Waals surface area contributed by atoms with Crippen LogP contribution in [0, 0.1) is 13.8 Å². The number of fused-ring (bicyclic) bond motifs is 1. The summed E-state index contributed by atoms with van der Waals surface area (Å²) in [5, 5.41) is 1.11. The first-order valence-electron chi connectivity index (χ1n) is 6.04. The van der Waals surface area contributed by atoms with E-state index in [-0.39, 0.29) is 0 Å². The Morgan fingerprint density at radius 1 is 0.833 bits per heavy atom. The molecule has 4 nitrogen and oxygen atoms in total. The molecule has 18 heavy (non-hydrogen) atoms. The van der Waals surface area contributed by atoms with Gasteiger partial charge in [0.25, 0.3) is 0 Å². The highest BCUT2D eigenvalue weighted by Crippen LogP contribution is 2.27. The predicted molar refractivity (Wildman–Crippen MR) is 77.7 cm³/mol. The quantitative estimate of drug-likeness (QED) is 0.812. The SMILES string of the molecule is Cc1cc2nc(N(C)C)nc(N(C)C)c2cc1C. The van der Waals surface area contributed by atoms with E-state index in [1.807, 2.05) is 38.0 Å². The molecule has 0 N–H and O–H groups in total. The zero-order chi connectivity index (χ0) is 13.4. The summed E-state index contributed by atoms with van der Waals surface area (Å²) in [6, 6.07) is 4.30. The van der Waals surface area contributed by atoms with Crippen LogP contribution in [0.3, 0.4) is 0 Å². The first-order valence-corrected chi connectivity index (χ1v) is 6.04. The molecule has 0 atom stereocenters. The highest BCUT2D eigenvalue weighted by Gasteiger charge is 2.11. The van der Waals surface area contributed by atoms with Gasteiger partial charge >= 0.3 is 0 Å².